The van der Waals surface area contributed by atoms with Crippen molar-refractivity contribution in [1.29, 1.82) is 0 Å². The predicted molar refractivity (Wildman–Crippen MR) is 94.9 cm³/mol. The van der Waals surface area contributed by atoms with E-state index < -0.39 is 0 Å². The van der Waals surface area contributed by atoms with E-state index in [1.807, 2.05) is 27.7 Å². The van der Waals surface area contributed by atoms with Gasteiger partial charge in [0.15, 0.2) is 0 Å². The van der Waals surface area contributed by atoms with Crippen LogP contribution in [0.15, 0.2) is 38.0 Å². The lowest BCUT2D eigenvalue weighted by atomic mass is 10.7. The van der Waals surface area contributed by atoms with Crippen LogP contribution in [0.25, 0.3) is 0 Å². The fraction of sp³-hybridized carbons (Fsp3) is 0.588. The van der Waals surface area contributed by atoms with E-state index in [-0.39, 0.29) is 19.2 Å². The number of carbonyl (C=O) groups is 1. The summed E-state index contributed by atoms with van der Waals surface area (Å²) in [7, 11) is 0. The molecule has 0 aliphatic heterocycles. The monoisotopic (exact) mass is 320 g/mol. The lowest BCUT2D eigenvalue weighted by Gasteiger charge is -1.90. The van der Waals surface area contributed by atoms with E-state index >= 15 is 0 Å². The minimum absolute atomic E-state index is 0.125. The molecular formula is C17H36O5. The third-order valence-corrected chi connectivity index (χ3v) is 0.913. The summed E-state index contributed by atoms with van der Waals surface area (Å²) in [6, 6.07) is 0. The molecule has 22 heavy (non-hydrogen) atoms. The van der Waals surface area contributed by atoms with Crippen LogP contribution in [-0.2, 0) is 14.3 Å². The highest BCUT2D eigenvalue weighted by Crippen LogP contribution is 1.73. The highest BCUT2D eigenvalue weighted by molar-refractivity contribution is 5.65. The van der Waals surface area contributed by atoms with Crippen LogP contribution >= 0.6 is 0 Å². The van der Waals surface area contributed by atoms with Gasteiger partial charge in [-0.25, -0.2) is 0 Å². The molecule has 0 rings (SSSR count). The van der Waals surface area contributed by atoms with E-state index in [2.05, 4.69) is 24.5 Å². The molecule has 0 unspecified atom stereocenters. The summed E-state index contributed by atoms with van der Waals surface area (Å²) in [4.78, 5) is 9.93. The second-order valence-corrected chi connectivity index (χ2v) is 3.14. The minimum atomic E-state index is -0.264. The highest BCUT2D eigenvalue weighted by Gasteiger charge is 1.83. The van der Waals surface area contributed by atoms with Gasteiger partial charge in [-0.15, -0.1) is 13.2 Å². The van der Waals surface area contributed by atoms with E-state index in [4.69, 9.17) is 14.9 Å². The quantitative estimate of drug-likeness (QED) is 0.601. The van der Waals surface area contributed by atoms with Gasteiger partial charge in [0.05, 0.1) is 13.2 Å². The predicted octanol–water partition coefficient (Wildman–Crippen LogP) is 3.13. The summed E-state index contributed by atoms with van der Waals surface area (Å²) >= 11 is 0. The molecule has 5 heteroatoms. The van der Waals surface area contributed by atoms with Crippen molar-refractivity contribution >= 4 is 5.97 Å². The zero-order valence-corrected chi connectivity index (χ0v) is 15.0. The van der Waals surface area contributed by atoms with E-state index in [9.17, 15) is 4.79 Å². The van der Waals surface area contributed by atoms with Gasteiger partial charge in [0.2, 0.25) is 0 Å². The zero-order chi connectivity index (χ0) is 18.6. The minimum Gasteiger partial charge on any atom is -0.462 e. The molecule has 0 amide bonds. The summed E-state index contributed by atoms with van der Waals surface area (Å²) in [5.74, 6) is -0.264. The molecule has 0 radical (unpaired) electrons. The molecule has 0 aromatic carbocycles. The summed E-state index contributed by atoms with van der Waals surface area (Å²) in [6.07, 6.45) is 5.03. The Bertz CT molecular complexity index is 193. The van der Waals surface area contributed by atoms with Gasteiger partial charge in [-0.3, -0.25) is 4.79 Å². The average Bonchev–Trinajstić information content (AvgIpc) is 2.48. The van der Waals surface area contributed by atoms with E-state index in [0.29, 0.717) is 6.61 Å². The van der Waals surface area contributed by atoms with Crippen LogP contribution in [-0.4, -0.2) is 49.2 Å². The molecule has 5 nitrogen and oxygen atoms in total. The Hall–Kier alpha value is -1.43. The van der Waals surface area contributed by atoms with Crippen LogP contribution in [0.2, 0.25) is 0 Å². The first-order chi connectivity index (χ1) is 10.4. The smallest absolute Gasteiger partial charge is 0.302 e. The largest absolute Gasteiger partial charge is 0.462 e. The topological polar surface area (TPSA) is 76.0 Å². The van der Waals surface area contributed by atoms with Crippen molar-refractivity contribution in [1.82, 2.24) is 0 Å². The lowest BCUT2D eigenvalue weighted by molar-refractivity contribution is -0.139. The molecule has 2 N–H and O–H groups in total. The van der Waals surface area contributed by atoms with Crippen molar-refractivity contribution in [3.05, 3.63) is 38.0 Å². The first-order valence-corrected chi connectivity index (χ1v) is 7.11. The molecule has 0 saturated heterocycles. The van der Waals surface area contributed by atoms with Gasteiger partial charge in [0.25, 0.3) is 0 Å². The normalized spacial score (nSPS) is 6.86. The number of hydrogen-bond donors (Lipinski definition) is 2. The highest BCUT2D eigenvalue weighted by atomic mass is 16.5. The van der Waals surface area contributed by atoms with Crippen LogP contribution in [0, 0.1) is 0 Å². The number of ether oxygens (including phenoxy) is 2. The molecule has 0 saturated carbocycles. The fourth-order valence-electron chi connectivity index (χ4n) is 0.380. The number of esters is 1. The number of aliphatic hydroxyl groups is 2. The van der Waals surface area contributed by atoms with Crippen LogP contribution in [0.5, 0.6) is 0 Å². The summed E-state index contributed by atoms with van der Waals surface area (Å²) in [5, 5.41) is 15.2. The van der Waals surface area contributed by atoms with Gasteiger partial charge >= 0.3 is 5.97 Å². The Labute approximate surface area is 137 Å². The van der Waals surface area contributed by atoms with Gasteiger partial charge < -0.3 is 19.7 Å². The maximum atomic E-state index is 9.93. The van der Waals surface area contributed by atoms with Crippen molar-refractivity contribution < 1.29 is 24.5 Å². The van der Waals surface area contributed by atoms with Crippen LogP contribution in [0.3, 0.4) is 0 Å². The second-order valence-electron chi connectivity index (χ2n) is 3.14. The van der Waals surface area contributed by atoms with Crippen LogP contribution in [0.4, 0.5) is 0 Å². The molecule has 0 aromatic rings. The van der Waals surface area contributed by atoms with E-state index in [0.717, 1.165) is 13.2 Å². The molecule has 0 aromatic heterocycles. The maximum Gasteiger partial charge on any atom is 0.302 e. The second kappa shape index (κ2) is 50.4. The van der Waals surface area contributed by atoms with Crippen molar-refractivity contribution in [2.24, 2.45) is 0 Å². The van der Waals surface area contributed by atoms with Gasteiger partial charge in [0.1, 0.15) is 6.61 Å². The molecule has 0 fully saturated rings. The maximum absolute atomic E-state index is 9.93. The van der Waals surface area contributed by atoms with Crippen molar-refractivity contribution in [2.45, 2.75) is 34.6 Å². The first-order valence-electron chi connectivity index (χ1n) is 7.11. The standard InChI is InChI=1S/C5H8O2.C4H10O.2C3H6.C2H6O2/c1-3-4-7-5(2)6;1-3-5-4-2;2*1-3-2;3-1-2-4/h3H,1,4H2,2H3;3-4H2,1-2H3;2*3H,1H2,2H3;3-4H,1-2H2. The van der Waals surface area contributed by atoms with Crippen LogP contribution < -0.4 is 0 Å². The molecule has 0 aliphatic rings. The Morgan fingerprint density at radius 2 is 1.32 bits per heavy atom. The molecular weight excluding hydrogens is 284 g/mol. The van der Waals surface area contributed by atoms with Crippen molar-refractivity contribution in [3.63, 3.8) is 0 Å². The molecule has 0 atom stereocenters. The first kappa shape index (κ1) is 32.5. The Balaban J connectivity index is -0.0000000574. The third-order valence-electron chi connectivity index (χ3n) is 0.913. The van der Waals surface area contributed by atoms with E-state index in [1.165, 1.54) is 13.0 Å². The van der Waals surface area contributed by atoms with Gasteiger partial charge in [-0.2, -0.15) is 0 Å². The molecule has 0 bridgehead atoms. The third kappa shape index (κ3) is 185. The molecule has 0 spiro atoms. The van der Waals surface area contributed by atoms with Crippen molar-refractivity contribution in [3.8, 4) is 0 Å². The van der Waals surface area contributed by atoms with Gasteiger partial charge in [0, 0.05) is 20.1 Å². The van der Waals surface area contributed by atoms with E-state index in [1.54, 1.807) is 12.2 Å². The zero-order valence-electron chi connectivity index (χ0n) is 15.0. The van der Waals surface area contributed by atoms with Crippen LogP contribution in [0.1, 0.15) is 34.6 Å². The lowest BCUT2D eigenvalue weighted by Crippen LogP contribution is -1.96. The number of aliphatic hydroxyl groups excluding tert-OH is 2. The SMILES string of the molecule is C=CC.C=CC.C=CCOC(C)=O.CCOCC.OCCO. The number of allylic oxidation sites excluding steroid dienone is 2. The van der Waals surface area contributed by atoms with Gasteiger partial charge in [-0.05, 0) is 27.7 Å². The molecule has 134 valence electrons. The number of carbonyl (C=O) groups excluding carboxylic acids is 1. The number of rotatable bonds is 5. The number of hydrogen-bond acceptors (Lipinski definition) is 5. The molecule has 0 aliphatic carbocycles. The summed E-state index contributed by atoms with van der Waals surface area (Å²) in [5.41, 5.74) is 0. The van der Waals surface area contributed by atoms with Gasteiger partial charge in [-0.1, -0.05) is 24.8 Å². The fourth-order valence-corrected chi connectivity index (χ4v) is 0.380. The summed E-state index contributed by atoms with van der Waals surface area (Å²) in [6.45, 7) is 21.0. The molecule has 0 heterocycles. The summed E-state index contributed by atoms with van der Waals surface area (Å²) < 4.78 is 9.27. The Kier molecular flexibility index (Phi) is 74.5. The Morgan fingerprint density at radius 1 is 1.00 bits per heavy atom. The average molecular weight is 320 g/mol. The Morgan fingerprint density at radius 3 is 1.36 bits per heavy atom. The van der Waals surface area contributed by atoms with Crippen molar-refractivity contribution in [2.75, 3.05) is 33.0 Å².